The van der Waals surface area contributed by atoms with E-state index < -0.39 is 0 Å². The Labute approximate surface area is 100 Å². The molecular weight excluding hydrogens is 282 g/mol. The molecular formula is C9H12BrNOS2. The van der Waals surface area contributed by atoms with Crippen LogP contribution in [0.15, 0.2) is 15.9 Å². The average Bonchev–Trinajstić information content (AvgIpc) is 2.65. The molecule has 2 unspecified atom stereocenters. The lowest BCUT2D eigenvalue weighted by molar-refractivity contribution is 0.0576. The lowest BCUT2D eigenvalue weighted by Gasteiger charge is -2.27. The highest BCUT2D eigenvalue weighted by Gasteiger charge is 2.25. The summed E-state index contributed by atoms with van der Waals surface area (Å²) >= 11 is 7.11. The van der Waals surface area contributed by atoms with Crippen LogP contribution in [0.2, 0.25) is 0 Å². The standard InChI is InChI=1S/C9H12BrNOS2/c10-6-1-3-14-9(6)8(11)7-5-13-4-2-12-7/h1,3,7-8H,2,4-5,11H2. The van der Waals surface area contributed by atoms with Gasteiger partial charge in [0, 0.05) is 20.9 Å². The molecule has 1 aliphatic heterocycles. The molecule has 1 aromatic heterocycles. The molecule has 0 bridgehead atoms. The van der Waals surface area contributed by atoms with Gasteiger partial charge in [0.25, 0.3) is 0 Å². The van der Waals surface area contributed by atoms with Crippen LogP contribution in [0.25, 0.3) is 0 Å². The second-order valence-corrected chi connectivity index (χ2v) is 6.09. The van der Waals surface area contributed by atoms with E-state index >= 15 is 0 Å². The SMILES string of the molecule is NC(c1sccc1Br)C1CSCCO1. The zero-order chi connectivity index (χ0) is 9.97. The Morgan fingerprint density at radius 3 is 3.07 bits per heavy atom. The first-order valence-electron chi connectivity index (χ1n) is 4.47. The van der Waals surface area contributed by atoms with Crippen molar-refractivity contribution < 1.29 is 4.74 Å². The van der Waals surface area contributed by atoms with Crippen LogP contribution in [0, 0.1) is 0 Å². The summed E-state index contributed by atoms with van der Waals surface area (Å²) in [5.74, 6) is 2.10. The first kappa shape index (κ1) is 11.0. The predicted octanol–water partition coefficient (Wildman–Crippen LogP) is 2.64. The number of hydrogen-bond donors (Lipinski definition) is 1. The van der Waals surface area contributed by atoms with E-state index in [1.165, 1.54) is 4.88 Å². The quantitative estimate of drug-likeness (QED) is 0.910. The van der Waals surface area contributed by atoms with Crippen LogP contribution in [0.4, 0.5) is 0 Å². The van der Waals surface area contributed by atoms with Gasteiger partial charge in [-0.05, 0) is 27.4 Å². The maximum Gasteiger partial charge on any atom is 0.0866 e. The zero-order valence-corrected chi connectivity index (χ0v) is 10.8. The van der Waals surface area contributed by atoms with E-state index in [1.807, 2.05) is 17.8 Å². The number of nitrogens with two attached hydrogens (primary N) is 1. The fourth-order valence-corrected chi connectivity index (χ4v) is 4.03. The van der Waals surface area contributed by atoms with Crippen molar-refractivity contribution in [3.63, 3.8) is 0 Å². The van der Waals surface area contributed by atoms with Gasteiger partial charge >= 0.3 is 0 Å². The van der Waals surface area contributed by atoms with Crippen molar-refractivity contribution in [1.29, 1.82) is 0 Å². The van der Waals surface area contributed by atoms with E-state index in [-0.39, 0.29) is 12.1 Å². The fraction of sp³-hybridized carbons (Fsp3) is 0.556. The van der Waals surface area contributed by atoms with Gasteiger partial charge in [0.15, 0.2) is 0 Å². The lowest BCUT2D eigenvalue weighted by atomic mass is 10.1. The molecule has 0 spiro atoms. The van der Waals surface area contributed by atoms with E-state index in [9.17, 15) is 0 Å². The van der Waals surface area contributed by atoms with Crippen LogP contribution in [0.1, 0.15) is 10.9 Å². The monoisotopic (exact) mass is 293 g/mol. The Balaban J connectivity index is 2.07. The number of thiophene rings is 1. The van der Waals surface area contributed by atoms with Gasteiger partial charge in [-0.2, -0.15) is 11.8 Å². The molecule has 0 aromatic carbocycles. The summed E-state index contributed by atoms with van der Waals surface area (Å²) in [6, 6.07) is 2.05. The number of halogens is 1. The van der Waals surface area contributed by atoms with Crippen LogP contribution in [0.5, 0.6) is 0 Å². The second kappa shape index (κ2) is 4.99. The van der Waals surface area contributed by atoms with E-state index in [4.69, 9.17) is 10.5 Å². The van der Waals surface area contributed by atoms with Gasteiger partial charge in [-0.1, -0.05) is 0 Å². The molecule has 1 saturated heterocycles. The summed E-state index contributed by atoms with van der Waals surface area (Å²) < 4.78 is 6.76. The van der Waals surface area contributed by atoms with Crippen LogP contribution in [-0.2, 0) is 4.74 Å². The first-order chi connectivity index (χ1) is 6.79. The van der Waals surface area contributed by atoms with Gasteiger partial charge < -0.3 is 10.5 Å². The Bertz CT molecular complexity index is 299. The lowest BCUT2D eigenvalue weighted by Crippen LogP contribution is -2.34. The van der Waals surface area contributed by atoms with Gasteiger partial charge in [0.2, 0.25) is 0 Å². The molecule has 2 rings (SSSR count). The third-order valence-corrected chi connectivity index (χ3v) is 5.18. The topological polar surface area (TPSA) is 35.2 Å². The molecule has 14 heavy (non-hydrogen) atoms. The molecule has 0 aliphatic carbocycles. The second-order valence-electron chi connectivity index (χ2n) is 3.14. The van der Waals surface area contributed by atoms with Gasteiger partial charge in [-0.15, -0.1) is 11.3 Å². The third kappa shape index (κ3) is 2.33. The van der Waals surface area contributed by atoms with Gasteiger partial charge in [-0.3, -0.25) is 0 Å². The number of thioether (sulfide) groups is 1. The molecule has 1 aromatic rings. The minimum atomic E-state index is 0.0113. The van der Waals surface area contributed by atoms with Gasteiger partial charge in [-0.25, -0.2) is 0 Å². The van der Waals surface area contributed by atoms with Crippen LogP contribution < -0.4 is 5.73 Å². The molecule has 2 heterocycles. The molecule has 2 N–H and O–H groups in total. The van der Waals surface area contributed by atoms with Crippen LogP contribution in [-0.4, -0.2) is 24.2 Å². The summed E-state index contributed by atoms with van der Waals surface area (Å²) in [7, 11) is 0. The normalized spacial score (nSPS) is 24.9. The highest BCUT2D eigenvalue weighted by Crippen LogP contribution is 2.32. The molecule has 0 saturated carbocycles. The molecule has 0 amide bonds. The number of hydrogen-bond acceptors (Lipinski definition) is 4. The molecule has 0 radical (unpaired) electrons. The predicted molar refractivity (Wildman–Crippen MR) is 66.0 cm³/mol. The van der Waals surface area contributed by atoms with Crippen LogP contribution >= 0.6 is 39.0 Å². The summed E-state index contributed by atoms with van der Waals surface area (Å²) in [5, 5.41) is 2.05. The van der Waals surface area contributed by atoms with Crippen molar-refractivity contribution in [3.05, 3.63) is 20.8 Å². The van der Waals surface area contributed by atoms with Crippen LogP contribution in [0.3, 0.4) is 0 Å². The Morgan fingerprint density at radius 1 is 1.64 bits per heavy atom. The average molecular weight is 294 g/mol. The zero-order valence-electron chi connectivity index (χ0n) is 7.61. The highest BCUT2D eigenvalue weighted by atomic mass is 79.9. The van der Waals surface area contributed by atoms with Gasteiger partial charge in [0.05, 0.1) is 18.8 Å². The maximum atomic E-state index is 6.16. The summed E-state index contributed by atoms with van der Waals surface area (Å²) in [4.78, 5) is 1.19. The first-order valence-corrected chi connectivity index (χ1v) is 7.29. The minimum absolute atomic E-state index is 0.0113. The summed E-state index contributed by atoms with van der Waals surface area (Å²) in [5.41, 5.74) is 6.16. The Kier molecular flexibility index (Phi) is 3.90. The van der Waals surface area contributed by atoms with E-state index in [0.717, 1.165) is 22.6 Å². The number of rotatable bonds is 2. The summed E-state index contributed by atoms with van der Waals surface area (Å²) in [6.07, 6.45) is 0.170. The van der Waals surface area contributed by atoms with E-state index in [2.05, 4.69) is 21.3 Å². The van der Waals surface area contributed by atoms with E-state index in [1.54, 1.807) is 11.3 Å². The Morgan fingerprint density at radius 2 is 2.50 bits per heavy atom. The minimum Gasteiger partial charge on any atom is -0.374 e. The highest BCUT2D eigenvalue weighted by molar-refractivity contribution is 9.10. The molecule has 1 aliphatic rings. The Hall–Kier alpha value is 0.450. The van der Waals surface area contributed by atoms with E-state index in [0.29, 0.717) is 0 Å². The molecule has 2 nitrogen and oxygen atoms in total. The largest absolute Gasteiger partial charge is 0.374 e. The third-order valence-electron chi connectivity index (χ3n) is 2.19. The maximum absolute atomic E-state index is 6.16. The molecule has 5 heteroatoms. The van der Waals surface area contributed by atoms with Crippen molar-refractivity contribution in [3.8, 4) is 0 Å². The van der Waals surface area contributed by atoms with Gasteiger partial charge in [0.1, 0.15) is 0 Å². The summed E-state index contributed by atoms with van der Waals surface area (Å²) in [6.45, 7) is 0.825. The smallest absolute Gasteiger partial charge is 0.0866 e. The van der Waals surface area contributed by atoms with Crippen molar-refractivity contribution in [2.75, 3.05) is 18.1 Å². The van der Waals surface area contributed by atoms with Crippen molar-refractivity contribution in [2.24, 2.45) is 5.73 Å². The van der Waals surface area contributed by atoms with Crippen molar-refractivity contribution >= 4 is 39.0 Å². The van der Waals surface area contributed by atoms with Crippen molar-refractivity contribution in [2.45, 2.75) is 12.1 Å². The molecule has 78 valence electrons. The molecule has 1 fully saturated rings. The fourth-order valence-electron chi connectivity index (χ4n) is 1.43. The van der Waals surface area contributed by atoms with Crippen molar-refractivity contribution in [1.82, 2.24) is 0 Å². The number of ether oxygens (including phenoxy) is 1. The molecule has 2 atom stereocenters.